The Kier molecular flexibility index (Phi) is 9.29. The molecule has 0 spiro atoms. The summed E-state index contributed by atoms with van der Waals surface area (Å²) in [4.78, 5) is 10.8. The van der Waals surface area contributed by atoms with E-state index in [0.29, 0.717) is 6.61 Å². The first-order valence-corrected chi connectivity index (χ1v) is 7.66. The van der Waals surface area contributed by atoms with E-state index in [1.165, 1.54) is 50.2 Å². The quantitative estimate of drug-likeness (QED) is 0.332. The molecule has 0 fully saturated rings. The third kappa shape index (κ3) is 8.52. The Morgan fingerprint density at radius 1 is 0.950 bits per heavy atom. The van der Waals surface area contributed by atoms with Crippen LogP contribution < -0.4 is 0 Å². The second kappa shape index (κ2) is 11.3. The average Bonchev–Trinajstić information content (AvgIpc) is 2.50. The van der Waals surface area contributed by atoms with Gasteiger partial charge in [-0.05, 0) is 24.8 Å². The largest absolute Gasteiger partial charge is 0.463 e. The highest BCUT2D eigenvalue weighted by atomic mass is 16.5. The fourth-order valence-corrected chi connectivity index (χ4v) is 2.19. The molecule has 0 aromatic heterocycles. The third-order valence-electron chi connectivity index (χ3n) is 3.36. The standard InChI is InChI=1S/C18H26O2/c1-2-18(19)20-16-12-7-5-3-4-6-9-13-17-14-10-8-11-15-17/h2,8,10-11,14-15H,1,3-7,9,12-13,16H2. The minimum Gasteiger partial charge on any atom is -0.463 e. The van der Waals surface area contributed by atoms with Crippen molar-refractivity contribution >= 4 is 5.97 Å². The number of unbranched alkanes of at least 4 members (excludes halogenated alkanes) is 6. The lowest BCUT2D eigenvalue weighted by molar-refractivity contribution is -0.137. The van der Waals surface area contributed by atoms with Crippen molar-refractivity contribution in [3.63, 3.8) is 0 Å². The van der Waals surface area contributed by atoms with Crippen LogP contribution in [-0.2, 0) is 16.0 Å². The minimum absolute atomic E-state index is 0.314. The molecule has 0 radical (unpaired) electrons. The van der Waals surface area contributed by atoms with Crippen molar-refractivity contribution in [2.45, 2.75) is 51.4 Å². The summed E-state index contributed by atoms with van der Waals surface area (Å²) in [5.74, 6) is -0.314. The van der Waals surface area contributed by atoms with Crippen LogP contribution in [0.25, 0.3) is 0 Å². The molecule has 0 saturated carbocycles. The lowest BCUT2D eigenvalue weighted by Gasteiger charge is -2.03. The Labute approximate surface area is 122 Å². The van der Waals surface area contributed by atoms with E-state index < -0.39 is 0 Å². The molecule has 0 heterocycles. The smallest absolute Gasteiger partial charge is 0.330 e. The molecule has 20 heavy (non-hydrogen) atoms. The summed E-state index contributed by atoms with van der Waals surface area (Å²) in [6, 6.07) is 10.7. The zero-order valence-corrected chi connectivity index (χ0v) is 12.4. The van der Waals surface area contributed by atoms with Gasteiger partial charge in [0.1, 0.15) is 0 Å². The van der Waals surface area contributed by atoms with Gasteiger partial charge < -0.3 is 4.74 Å². The molecule has 2 heteroatoms. The highest BCUT2D eigenvalue weighted by molar-refractivity contribution is 5.81. The number of ether oxygens (including phenoxy) is 1. The second-order valence-electron chi connectivity index (χ2n) is 5.08. The van der Waals surface area contributed by atoms with E-state index >= 15 is 0 Å². The fourth-order valence-electron chi connectivity index (χ4n) is 2.19. The van der Waals surface area contributed by atoms with Gasteiger partial charge in [-0.1, -0.05) is 69.0 Å². The molecule has 0 unspecified atom stereocenters. The summed E-state index contributed by atoms with van der Waals surface area (Å²) < 4.78 is 4.93. The molecule has 0 atom stereocenters. The van der Waals surface area contributed by atoms with Gasteiger partial charge in [-0.15, -0.1) is 0 Å². The van der Waals surface area contributed by atoms with Crippen LogP contribution in [0.2, 0.25) is 0 Å². The van der Waals surface area contributed by atoms with Crippen molar-refractivity contribution in [3.8, 4) is 0 Å². The molecule has 0 aliphatic carbocycles. The van der Waals surface area contributed by atoms with E-state index in [2.05, 4.69) is 36.9 Å². The number of benzene rings is 1. The number of rotatable bonds is 11. The van der Waals surface area contributed by atoms with Crippen LogP contribution in [0.5, 0.6) is 0 Å². The van der Waals surface area contributed by atoms with Gasteiger partial charge in [-0.3, -0.25) is 0 Å². The van der Waals surface area contributed by atoms with Gasteiger partial charge in [-0.25, -0.2) is 4.79 Å². The molecule has 0 aliphatic rings. The summed E-state index contributed by atoms with van der Waals surface area (Å²) in [5.41, 5.74) is 1.44. The van der Waals surface area contributed by atoms with E-state index in [0.717, 1.165) is 12.8 Å². The Morgan fingerprint density at radius 2 is 1.55 bits per heavy atom. The van der Waals surface area contributed by atoms with Crippen LogP contribution in [0.1, 0.15) is 50.5 Å². The number of esters is 1. The van der Waals surface area contributed by atoms with E-state index in [9.17, 15) is 4.79 Å². The second-order valence-corrected chi connectivity index (χ2v) is 5.08. The summed E-state index contributed by atoms with van der Waals surface area (Å²) in [6.45, 7) is 3.89. The predicted octanol–water partition coefficient (Wildman–Crippen LogP) is 4.69. The molecule has 1 aromatic rings. The van der Waals surface area contributed by atoms with Crippen LogP contribution in [0.15, 0.2) is 43.0 Å². The molecule has 0 saturated heterocycles. The Morgan fingerprint density at radius 3 is 2.20 bits per heavy atom. The lowest BCUT2D eigenvalue weighted by atomic mass is 10.0. The first-order valence-electron chi connectivity index (χ1n) is 7.66. The zero-order valence-electron chi connectivity index (χ0n) is 12.4. The van der Waals surface area contributed by atoms with Crippen LogP contribution in [-0.4, -0.2) is 12.6 Å². The van der Waals surface area contributed by atoms with Crippen molar-refractivity contribution in [2.24, 2.45) is 0 Å². The molecule has 1 aromatic carbocycles. The van der Waals surface area contributed by atoms with Crippen molar-refractivity contribution in [2.75, 3.05) is 6.61 Å². The molecule has 110 valence electrons. The zero-order chi connectivity index (χ0) is 14.5. The Balaban J connectivity index is 1.83. The molecule has 2 nitrogen and oxygen atoms in total. The molecule has 0 amide bonds. The SMILES string of the molecule is C=CC(=O)OCCCCCCCCCc1ccccc1. The van der Waals surface area contributed by atoms with Gasteiger partial charge in [-0.2, -0.15) is 0 Å². The molecule has 0 aliphatic heterocycles. The van der Waals surface area contributed by atoms with E-state index in [1.54, 1.807) is 0 Å². The topological polar surface area (TPSA) is 26.3 Å². The molecular formula is C18H26O2. The van der Waals surface area contributed by atoms with Gasteiger partial charge in [0.05, 0.1) is 6.61 Å². The number of hydrogen-bond donors (Lipinski definition) is 0. The van der Waals surface area contributed by atoms with Gasteiger partial charge in [0, 0.05) is 6.08 Å². The first kappa shape index (κ1) is 16.5. The van der Waals surface area contributed by atoms with E-state index in [-0.39, 0.29) is 5.97 Å². The third-order valence-corrected chi connectivity index (χ3v) is 3.36. The molecule has 1 rings (SSSR count). The Bertz CT molecular complexity index is 370. The van der Waals surface area contributed by atoms with Crippen molar-refractivity contribution in [1.82, 2.24) is 0 Å². The van der Waals surface area contributed by atoms with Gasteiger partial charge in [0.25, 0.3) is 0 Å². The van der Waals surface area contributed by atoms with Crippen LogP contribution in [0.3, 0.4) is 0 Å². The monoisotopic (exact) mass is 274 g/mol. The maximum atomic E-state index is 10.8. The normalized spacial score (nSPS) is 10.2. The summed E-state index contributed by atoms with van der Waals surface area (Å²) >= 11 is 0. The van der Waals surface area contributed by atoms with Crippen LogP contribution in [0, 0.1) is 0 Å². The van der Waals surface area contributed by atoms with Gasteiger partial charge in [0.2, 0.25) is 0 Å². The summed E-state index contributed by atoms with van der Waals surface area (Å²) in [6.07, 6.45) is 10.9. The highest BCUT2D eigenvalue weighted by Crippen LogP contribution is 2.10. The summed E-state index contributed by atoms with van der Waals surface area (Å²) in [5, 5.41) is 0. The molecular weight excluding hydrogens is 248 g/mol. The van der Waals surface area contributed by atoms with Gasteiger partial charge >= 0.3 is 5.97 Å². The van der Waals surface area contributed by atoms with Crippen LogP contribution in [0.4, 0.5) is 0 Å². The average molecular weight is 274 g/mol. The highest BCUT2D eigenvalue weighted by Gasteiger charge is 1.96. The van der Waals surface area contributed by atoms with Crippen molar-refractivity contribution in [3.05, 3.63) is 48.6 Å². The number of carbonyl (C=O) groups excluding carboxylic acids is 1. The number of hydrogen-bond acceptors (Lipinski definition) is 2. The van der Waals surface area contributed by atoms with Gasteiger partial charge in [0.15, 0.2) is 0 Å². The van der Waals surface area contributed by atoms with Crippen molar-refractivity contribution < 1.29 is 9.53 Å². The number of aryl methyl sites for hydroxylation is 1. The molecule has 0 N–H and O–H groups in total. The van der Waals surface area contributed by atoms with E-state index in [1.807, 2.05) is 0 Å². The lowest BCUT2D eigenvalue weighted by Crippen LogP contribution is -2.01. The van der Waals surface area contributed by atoms with E-state index in [4.69, 9.17) is 4.74 Å². The molecule has 0 bridgehead atoms. The maximum Gasteiger partial charge on any atom is 0.330 e. The van der Waals surface area contributed by atoms with Crippen LogP contribution >= 0.6 is 0 Å². The number of carbonyl (C=O) groups is 1. The predicted molar refractivity (Wildman–Crippen MR) is 83.6 cm³/mol. The first-order chi connectivity index (χ1) is 9.83. The maximum absolute atomic E-state index is 10.8. The van der Waals surface area contributed by atoms with Crippen molar-refractivity contribution in [1.29, 1.82) is 0 Å². The minimum atomic E-state index is -0.314. The summed E-state index contributed by atoms with van der Waals surface area (Å²) in [7, 11) is 0. The Hall–Kier alpha value is -1.57. The fraction of sp³-hybridized carbons (Fsp3) is 0.500.